The Kier molecular flexibility index (Phi) is 6.97. The zero-order valence-corrected chi connectivity index (χ0v) is 11.6. The van der Waals surface area contributed by atoms with Crippen molar-refractivity contribution in [3.63, 3.8) is 0 Å². The lowest BCUT2D eigenvalue weighted by molar-refractivity contribution is -0.144. The second-order valence-electron chi connectivity index (χ2n) is 4.01. The third-order valence-electron chi connectivity index (χ3n) is 2.26. The fourth-order valence-corrected chi connectivity index (χ4v) is 1.56. The van der Waals surface area contributed by atoms with Crippen LogP contribution in [-0.4, -0.2) is 18.5 Å². The lowest BCUT2D eigenvalue weighted by Gasteiger charge is -2.05. The van der Waals surface area contributed by atoms with Crippen LogP contribution in [0.1, 0.15) is 32.6 Å². The van der Waals surface area contributed by atoms with Crippen molar-refractivity contribution in [2.45, 2.75) is 32.6 Å². The molecule has 0 heterocycles. The van der Waals surface area contributed by atoms with Gasteiger partial charge in [0.1, 0.15) is 5.75 Å². The molecule has 0 N–H and O–H groups in total. The Hall–Kier alpha value is -1.55. The van der Waals surface area contributed by atoms with Gasteiger partial charge in [-0.1, -0.05) is 24.6 Å². The van der Waals surface area contributed by atoms with Gasteiger partial charge < -0.3 is 9.47 Å². The molecule has 0 bridgehead atoms. The Balaban J connectivity index is 2.23. The summed E-state index contributed by atoms with van der Waals surface area (Å²) in [5.74, 6) is -0.256. The minimum atomic E-state index is -0.384. The summed E-state index contributed by atoms with van der Waals surface area (Å²) < 4.78 is 9.98. The standard InChI is InChI=1S/C14H17ClO4/c1-2-9-18-13(16)7-4-8-14(17)19-12-6-3-5-11(15)10-12/h3,5-6,10H,2,4,7-9H2,1H3. The predicted octanol–water partition coefficient (Wildman–Crippen LogP) is 3.37. The Morgan fingerprint density at radius 3 is 2.63 bits per heavy atom. The SMILES string of the molecule is CCCOC(=O)CCCC(=O)Oc1cccc(Cl)c1. The number of hydrogen-bond donors (Lipinski definition) is 0. The van der Waals surface area contributed by atoms with E-state index in [4.69, 9.17) is 21.1 Å². The highest BCUT2D eigenvalue weighted by Gasteiger charge is 2.08. The summed E-state index contributed by atoms with van der Waals surface area (Å²) >= 11 is 5.77. The zero-order chi connectivity index (χ0) is 14.1. The maximum Gasteiger partial charge on any atom is 0.311 e. The quantitative estimate of drug-likeness (QED) is 0.569. The Morgan fingerprint density at radius 2 is 1.95 bits per heavy atom. The van der Waals surface area contributed by atoms with Crippen molar-refractivity contribution in [2.24, 2.45) is 0 Å². The van der Waals surface area contributed by atoms with Gasteiger partial charge in [0.15, 0.2) is 0 Å². The first-order valence-electron chi connectivity index (χ1n) is 6.23. The average Bonchev–Trinajstić information content (AvgIpc) is 2.36. The number of esters is 2. The van der Waals surface area contributed by atoms with Crippen molar-refractivity contribution in [1.82, 2.24) is 0 Å². The zero-order valence-electron chi connectivity index (χ0n) is 10.9. The molecular weight excluding hydrogens is 268 g/mol. The molecule has 19 heavy (non-hydrogen) atoms. The van der Waals surface area contributed by atoms with Gasteiger partial charge in [-0.05, 0) is 31.0 Å². The molecule has 0 atom stereocenters. The van der Waals surface area contributed by atoms with E-state index in [0.717, 1.165) is 6.42 Å². The molecule has 0 saturated heterocycles. The summed E-state index contributed by atoms with van der Waals surface area (Å²) in [5.41, 5.74) is 0. The van der Waals surface area contributed by atoms with Crippen LogP contribution in [0.25, 0.3) is 0 Å². The molecular formula is C14H17ClO4. The van der Waals surface area contributed by atoms with Crippen LogP contribution >= 0.6 is 11.6 Å². The molecule has 0 radical (unpaired) electrons. The highest BCUT2D eigenvalue weighted by atomic mass is 35.5. The smallest absolute Gasteiger partial charge is 0.311 e. The highest BCUT2D eigenvalue weighted by Crippen LogP contribution is 2.17. The number of carbonyl (C=O) groups is 2. The van der Waals surface area contributed by atoms with Gasteiger partial charge >= 0.3 is 11.9 Å². The Morgan fingerprint density at radius 1 is 1.21 bits per heavy atom. The maximum atomic E-state index is 11.5. The van der Waals surface area contributed by atoms with E-state index in [2.05, 4.69) is 0 Å². The molecule has 104 valence electrons. The molecule has 0 amide bonds. The van der Waals surface area contributed by atoms with Crippen molar-refractivity contribution in [3.05, 3.63) is 29.3 Å². The number of halogens is 1. The van der Waals surface area contributed by atoms with Gasteiger partial charge in [-0.15, -0.1) is 0 Å². The normalized spacial score (nSPS) is 10.0. The van der Waals surface area contributed by atoms with E-state index >= 15 is 0 Å². The first-order valence-corrected chi connectivity index (χ1v) is 6.61. The van der Waals surface area contributed by atoms with Crippen molar-refractivity contribution in [2.75, 3.05) is 6.61 Å². The van der Waals surface area contributed by atoms with Crippen LogP contribution in [0.2, 0.25) is 5.02 Å². The van der Waals surface area contributed by atoms with E-state index in [9.17, 15) is 9.59 Å². The van der Waals surface area contributed by atoms with Gasteiger partial charge in [0, 0.05) is 17.9 Å². The van der Waals surface area contributed by atoms with Crippen LogP contribution in [0.15, 0.2) is 24.3 Å². The van der Waals surface area contributed by atoms with E-state index in [0.29, 0.717) is 23.8 Å². The monoisotopic (exact) mass is 284 g/mol. The second-order valence-corrected chi connectivity index (χ2v) is 4.44. The number of hydrogen-bond acceptors (Lipinski definition) is 4. The average molecular weight is 285 g/mol. The van der Waals surface area contributed by atoms with Gasteiger partial charge in [-0.3, -0.25) is 9.59 Å². The summed E-state index contributed by atoms with van der Waals surface area (Å²) in [4.78, 5) is 22.7. The number of benzene rings is 1. The molecule has 1 aromatic carbocycles. The third kappa shape index (κ3) is 6.82. The molecule has 0 saturated carbocycles. The van der Waals surface area contributed by atoms with Crippen LogP contribution in [-0.2, 0) is 14.3 Å². The number of rotatable bonds is 7. The molecule has 5 heteroatoms. The molecule has 0 aliphatic heterocycles. The fraction of sp³-hybridized carbons (Fsp3) is 0.429. The van der Waals surface area contributed by atoms with Gasteiger partial charge in [0.05, 0.1) is 6.61 Å². The minimum absolute atomic E-state index is 0.174. The molecule has 4 nitrogen and oxygen atoms in total. The van der Waals surface area contributed by atoms with Crippen molar-refractivity contribution in [3.8, 4) is 5.75 Å². The molecule has 0 aliphatic carbocycles. The predicted molar refractivity (Wildman–Crippen MR) is 72.2 cm³/mol. The molecule has 0 aliphatic rings. The van der Waals surface area contributed by atoms with Gasteiger partial charge in [0.2, 0.25) is 0 Å². The third-order valence-corrected chi connectivity index (χ3v) is 2.49. The molecule has 1 rings (SSSR count). The lowest BCUT2D eigenvalue weighted by atomic mass is 10.2. The summed E-state index contributed by atoms with van der Waals surface area (Å²) in [5, 5.41) is 0.508. The fourth-order valence-electron chi connectivity index (χ4n) is 1.38. The minimum Gasteiger partial charge on any atom is -0.466 e. The largest absolute Gasteiger partial charge is 0.466 e. The van der Waals surface area contributed by atoms with Gasteiger partial charge in [-0.2, -0.15) is 0 Å². The van der Waals surface area contributed by atoms with Crippen LogP contribution < -0.4 is 4.74 Å². The summed E-state index contributed by atoms with van der Waals surface area (Å²) in [6.45, 7) is 2.35. The van der Waals surface area contributed by atoms with E-state index in [1.165, 1.54) is 0 Å². The Labute approximate surface area is 117 Å². The topological polar surface area (TPSA) is 52.6 Å². The van der Waals surface area contributed by atoms with Crippen molar-refractivity contribution in [1.29, 1.82) is 0 Å². The van der Waals surface area contributed by atoms with Crippen LogP contribution in [0, 0.1) is 0 Å². The van der Waals surface area contributed by atoms with Crippen LogP contribution in [0.5, 0.6) is 5.75 Å². The van der Waals surface area contributed by atoms with Crippen molar-refractivity contribution >= 4 is 23.5 Å². The van der Waals surface area contributed by atoms with Crippen LogP contribution in [0.3, 0.4) is 0 Å². The molecule has 0 fully saturated rings. The lowest BCUT2D eigenvalue weighted by Crippen LogP contribution is -2.10. The second kappa shape index (κ2) is 8.53. The summed E-state index contributed by atoms with van der Waals surface area (Å²) in [7, 11) is 0. The van der Waals surface area contributed by atoms with Crippen LogP contribution in [0.4, 0.5) is 0 Å². The molecule has 0 unspecified atom stereocenters. The van der Waals surface area contributed by atoms with Gasteiger partial charge in [0.25, 0.3) is 0 Å². The van der Waals surface area contributed by atoms with E-state index < -0.39 is 0 Å². The maximum absolute atomic E-state index is 11.5. The molecule has 0 spiro atoms. The van der Waals surface area contributed by atoms with Gasteiger partial charge in [-0.25, -0.2) is 0 Å². The van der Waals surface area contributed by atoms with E-state index in [1.807, 2.05) is 6.92 Å². The molecule has 0 aromatic heterocycles. The van der Waals surface area contributed by atoms with Crippen molar-refractivity contribution < 1.29 is 19.1 Å². The number of ether oxygens (including phenoxy) is 2. The first kappa shape index (κ1) is 15.5. The summed E-state index contributed by atoms with van der Waals surface area (Å²) in [6, 6.07) is 6.62. The summed E-state index contributed by atoms with van der Waals surface area (Å²) in [6.07, 6.45) is 1.61. The molecule has 1 aromatic rings. The Bertz CT molecular complexity index is 431. The highest BCUT2D eigenvalue weighted by molar-refractivity contribution is 6.30. The number of carbonyl (C=O) groups excluding carboxylic acids is 2. The first-order chi connectivity index (χ1) is 9.11. The van der Waals surface area contributed by atoms with E-state index in [1.54, 1.807) is 24.3 Å². The van der Waals surface area contributed by atoms with E-state index in [-0.39, 0.29) is 24.8 Å².